The third kappa shape index (κ3) is 1.78. The van der Waals surface area contributed by atoms with Crippen molar-refractivity contribution in [2.24, 2.45) is 0 Å². The summed E-state index contributed by atoms with van der Waals surface area (Å²) in [5, 5.41) is 6.93. The number of hydrogen-bond donors (Lipinski definition) is 2. The number of pyridine rings is 1. The van der Waals surface area contributed by atoms with Crippen molar-refractivity contribution >= 4 is 23.0 Å². The molecule has 112 valence electrons. The van der Waals surface area contributed by atoms with E-state index in [-0.39, 0.29) is 18.0 Å². The van der Waals surface area contributed by atoms with Crippen LogP contribution in [-0.4, -0.2) is 17.4 Å². The van der Waals surface area contributed by atoms with E-state index >= 15 is 0 Å². The normalized spacial score (nSPS) is 22.1. The first-order valence-corrected chi connectivity index (χ1v) is 7.61. The molecule has 1 aromatic carbocycles. The molecular formula is C17H18N4O. The predicted molar refractivity (Wildman–Crippen MR) is 87.1 cm³/mol. The number of aromatic nitrogens is 1. The number of nitrogens with one attached hydrogen (secondary N) is 2. The molecular weight excluding hydrogens is 276 g/mol. The lowest BCUT2D eigenvalue weighted by atomic mass is 10.0. The molecule has 2 aliphatic heterocycles. The van der Waals surface area contributed by atoms with Crippen LogP contribution in [0.5, 0.6) is 0 Å². The van der Waals surface area contributed by atoms with Crippen molar-refractivity contribution in [1.82, 2.24) is 4.98 Å². The molecule has 5 nitrogen and oxygen atoms in total. The topological polar surface area (TPSA) is 57.3 Å². The van der Waals surface area contributed by atoms with Crippen molar-refractivity contribution in [2.75, 3.05) is 22.1 Å². The molecule has 0 radical (unpaired) electrons. The highest BCUT2D eigenvalue weighted by Crippen LogP contribution is 2.45. The van der Waals surface area contributed by atoms with Crippen molar-refractivity contribution in [3.63, 3.8) is 0 Å². The van der Waals surface area contributed by atoms with Crippen LogP contribution >= 0.6 is 0 Å². The molecule has 0 fully saturated rings. The van der Waals surface area contributed by atoms with E-state index in [1.807, 2.05) is 37.1 Å². The second-order valence-electron chi connectivity index (χ2n) is 5.77. The Bertz CT molecular complexity index is 744. The van der Waals surface area contributed by atoms with Crippen LogP contribution in [-0.2, 0) is 4.79 Å². The number of likely N-dealkylation sites (N-methyl/N-ethyl adjacent to an activating group) is 1. The summed E-state index contributed by atoms with van der Waals surface area (Å²) in [4.78, 5) is 18.3. The number of carbonyl (C=O) groups excluding carboxylic acids is 1. The average molecular weight is 294 g/mol. The summed E-state index contributed by atoms with van der Waals surface area (Å²) in [6.45, 7) is 4.69. The van der Waals surface area contributed by atoms with E-state index in [0.29, 0.717) is 6.54 Å². The Labute approximate surface area is 129 Å². The molecule has 2 unspecified atom stereocenters. The summed E-state index contributed by atoms with van der Waals surface area (Å²) in [6, 6.07) is 8.16. The van der Waals surface area contributed by atoms with Gasteiger partial charge in [-0.3, -0.25) is 9.78 Å². The van der Waals surface area contributed by atoms with Gasteiger partial charge >= 0.3 is 0 Å². The molecule has 2 N–H and O–H groups in total. The fourth-order valence-corrected chi connectivity index (χ4v) is 3.30. The van der Waals surface area contributed by atoms with Gasteiger partial charge in [0.2, 0.25) is 5.91 Å². The monoisotopic (exact) mass is 294 g/mol. The quantitative estimate of drug-likeness (QED) is 0.893. The highest BCUT2D eigenvalue weighted by molar-refractivity contribution is 6.06. The van der Waals surface area contributed by atoms with Gasteiger partial charge in [0.05, 0.1) is 17.3 Å². The van der Waals surface area contributed by atoms with E-state index in [2.05, 4.69) is 27.8 Å². The summed E-state index contributed by atoms with van der Waals surface area (Å²) >= 11 is 0. The minimum absolute atomic E-state index is 0.0207. The maximum Gasteiger partial charge on any atom is 0.234 e. The van der Waals surface area contributed by atoms with Gasteiger partial charge in [0.25, 0.3) is 0 Å². The molecule has 0 bridgehead atoms. The third-order valence-electron chi connectivity index (χ3n) is 4.49. The number of fused-ring (bicyclic) bond motifs is 2. The lowest BCUT2D eigenvalue weighted by molar-refractivity contribution is -0.118. The number of carbonyl (C=O) groups is 1. The van der Waals surface area contributed by atoms with Crippen LogP contribution in [0.2, 0.25) is 0 Å². The number of anilines is 3. The Balaban J connectivity index is 1.71. The number of benzene rings is 1. The van der Waals surface area contributed by atoms with Crippen molar-refractivity contribution in [2.45, 2.75) is 25.9 Å². The molecule has 2 aromatic rings. The fourth-order valence-electron chi connectivity index (χ4n) is 3.30. The van der Waals surface area contributed by atoms with Gasteiger partial charge in [0, 0.05) is 30.2 Å². The zero-order valence-electron chi connectivity index (χ0n) is 12.6. The minimum Gasteiger partial charge on any atom is -0.360 e. The second-order valence-corrected chi connectivity index (χ2v) is 5.77. The van der Waals surface area contributed by atoms with Gasteiger partial charge in [-0.2, -0.15) is 0 Å². The molecule has 4 rings (SSSR count). The average Bonchev–Trinajstić information content (AvgIpc) is 3.06. The minimum atomic E-state index is -0.0699. The van der Waals surface area contributed by atoms with Crippen LogP contribution in [0.3, 0.4) is 0 Å². The van der Waals surface area contributed by atoms with Crippen LogP contribution in [0.1, 0.15) is 37.1 Å². The maximum atomic E-state index is 12.3. The molecule has 22 heavy (non-hydrogen) atoms. The van der Waals surface area contributed by atoms with Gasteiger partial charge < -0.3 is 15.5 Å². The van der Waals surface area contributed by atoms with Crippen molar-refractivity contribution in [1.29, 1.82) is 0 Å². The maximum absolute atomic E-state index is 12.3. The molecule has 1 amide bonds. The van der Waals surface area contributed by atoms with Crippen molar-refractivity contribution in [3.8, 4) is 0 Å². The molecule has 1 aromatic heterocycles. The van der Waals surface area contributed by atoms with E-state index in [9.17, 15) is 4.79 Å². The molecule has 3 heterocycles. The molecule has 0 saturated carbocycles. The number of hydrogen-bond acceptors (Lipinski definition) is 4. The smallest absolute Gasteiger partial charge is 0.234 e. The van der Waals surface area contributed by atoms with Gasteiger partial charge in [-0.1, -0.05) is 6.07 Å². The SMILES string of the molecule is CCN1C(=O)C(C)c2cc3c(cc21)NC(c1cccnc1)N3. The van der Waals surface area contributed by atoms with Crippen molar-refractivity contribution < 1.29 is 4.79 Å². The van der Waals surface area contributed by atoms with E-state index in [4.69, 9.17) is 0 Å². The number of rotatable bonds is 2. The summed E-state index contributed by atoms with van der Waals surface area (Å²) < 4.78 is 0. The lowest BCUT2D eigenvalue weighted by Gasteiger charge is -2.15. The molecule has 5 heteroatoms. The Morgan fingerprint density at radius 3 is 2.73 bits per heavy atom. The Morgan fingerprint density at radius 1 is 1.27 bits per heavy atom. The molecule has 0 saturated heterocycles. The first-order chi connectivity index (χ1) is 10.7. The van der Waals surface area contributed by atoms with E-state index in [0.717, 1.165) is 28.2 Å². The summed E-state index contributed by atoms with van der Waals surface area (Å²) in [6.07, 6.45) is 3.65. The standard InChI is InChI=1S/C17H18N4O/c1-3-21-15-8-14-13(7-12(15)10(2)17(21)22)19-16(20-14)11-5-4-6-18-9-11/h4-10,16,19-20H,3H2,1-2H3. The number of amides is 1. The summed E-state index contributed by atoms with van der Waals surface area (Å²) in [5.74, 6) is 0.115. The van der Waals surface area contributed by atoms with Gasteiger partial charge in [0.1, 0.15) is 6.17 Å². The highest BCUT2D eigenvalue weighted by Gasteiger charge is 2.35. The summed E-state index contributed by atoms with van der Waals surface area (Å²) in [7, 11) is 0. The van der Waals surface area contributed by atoms with E-state index in [1.54, 1.807) is 6.20 Å². The third-order valence-corrected chi connectivity index (χ3v) is 4.49. The Hall–Kier alpha value is -2.56. The first kappa shape index (κ1) is 13.1. The molecule has 2 aliphatic rings. The second kappa shape index (κ2) is 4.73. The van der Waals surface area contributed by atoms with Crippen LogP contribution < -0.4 is 15.5 Å². The van der Waals surface area contributed by atoms with Gasteiger partial charge in [-0.25, -0.2) is 0 Å². The largest absolute Gasteiger partial charge is 0.360 e. The van der Waals surface area contributed by atoms with Gasteiger partial charge in [-0.05, 0) is 37.6 Å². The van der Waals surface area contributed by atoms with E-state index < -0.39 is 0 Å². The lowest BCUT2D eigenvalue weighted by Crippen LogP contribution is -2.27. The zero-order chi connectivity index (χ0) is 15.3. The van der Waals surface area contributed by atoms with Crippen molar-refractivity contribution in [3.05, 3.63) is 47.8 Å². The Morgan fingerprint density at radius 2 is 2.05 bits per heavy atom. The van der Waals surface area contributed by atoms with Crippen LogP contribution in [0.15, 0.2) is 36.7 Å². The van der Waals surface area contributed by atoms with Gasteiger partial charge in [0.15, 0.2) is 0 Å². The zero-order valence-corrected chi connectivity index (χ0v) is 12.6. The molecule has 0 aliphatic carbocycles. The molecule has 0 spiro atoms. The predicted octanol–water partition coefficient (Wildman–Crippen LogP) is 3.09. The fraction of sp³-hybridized carbons (Fsp3) is 0.294. The molecule has 2 atom stereocenters. The number of nitrogens with zero attached hydrogens (tertiary/aromatic N) is 2. The highest BCUT2D eigenvalue weighted by atomic mass is 16.2. The van der Waals surface area contributed by atoms with Crippen LogP contribution in [0.25, 0.3) is 0 Å². The summed E-state index contributed by atoms with van der Waals surface area (Å²) in [5.41, 5.74) is 5.31. The van der Waals surface area contributed by atoms with Crippen LogP contribution in [0, 0.1) is 0 Å². The van der Waals surface area contributed by atoms with E-state index in [1.165, 1.54) is 0 Å². The first-order valence-electron chi connectivity index (χ1n) is 7.61. The van der Waals surface area contributed by atoms with Gasteiger partial charge in [-0.15, -0.1) is 0 Å². The van der Waals surface area contributed by atoms with Crippen LogP contribution in [0.4, 0.5) is 17.1 Å². The Kier molecular flexibility index (Phi) is 2.82.